The largest absolute Gasteiger partial charge is 0 e. The molecule has 0 aromatic heterocycles. The van der Waals surface area contributed by atoms with Crippen LogP contribution in [-0.4, -0.2) is 0 Å². The van der Waals surface area contributed by atoms with Crippen LogP contribution in [0.3, 0.4) is 0 Å². The molecule has 0 aliphatic carbocycles. The summed E-state index contributed by atoms with van der Waals surface area (Å²) in [6.07, 6.45) is 0. The molecule has 0 aromatic rings. The summed E-state index contributed by atoms with van der Waals surface area (Å²) in [6, 6.07) is 0. The van der Waals surface area contributed by atoms with Crippen LogP contribution in [0.2, 0.25) is 0 Å². The molecule has 0 atom stereocenters. The molecule has 0 saturated carbocycles. The van der Waals surface area contributed by atoms with Crippen molar-refractivity contribution in [1.29, 1.82) is 0 Å². The molecule has 0 bridgehead atoms. The normalized spacial score (nSPS) is 0. The summed E-state index contributed by atoms with van der Waals surface area (Å²) in [4.78, 5) is 0. The monoisotopic (exact) mass is 380 g/mol. The quantitative estimate of drug-likeness (QED) is 0.517. The minimum Gasteiger partial charge on any atom is 0 e. The smallest absolute Gasteiger partial charge is 0 e. The van der Waals surface area contributed by atoms with Gasteiger partial charge in [0.15, 0.2) is 0 Å². The average Bonchev–Trinajstić information content (AvgIpc) is 0. The second-order valence-corrected chi connectivity index (χ2v) is 0. The Labute approximate surface area is 82.6 Å². The van der Waals surface area contributed by atoms with E-state index in [2.05, 4.69) is 0 Å². The first kappa shape index (κ1) is 29.7. The number of rotatable bonds is 0. The summed E-state index contributed by atoms with van der Waals surface area (Å²) in [5.74, 6) is 0. The van der Waals surface area contributed by atoms with E-state index in [0.29, 0.717) is 0 Å². The first-order valence-electron chi connectivity index (χ1n) is 0. The third-order valence-electron chi connectivity index (χ3n) is 0. The minimum atomic E-state index is 0. The van der Waals surface area contributed by atoms with E-state index in [1.54, 1.807) is 0 Å². The van der Waals surface area contributed by atoms with Crippen molar-refractivity contribution in [3.63, 3.8) is 0 Å². The van der Waals surface area contributed by atoms with Gasteiger partial charge < -0.3 is 0 Å². The molecule has 0 saturated heterocycles. The Balaban J connectivity index is 0. The van der Waals surface area contributed by atoms with Crippen molar-refractivity contribution in [2.24, 2.45) is 0 Å². The molecule has 0 aromatic carbocycles. The summed E-state index contributed by atoms with van der Waals surface area (Å²) in [5.41, 5.74) is 0. The molecule has 0 rings (SSSR count). The fraction of sp³-hybridized carbons (Fsp3) is 0. The van der Waals surface area contributed by atoms with Gasteiger partial charge in [-0.2, -0.15) is 0 Å². The molecule has 0 aliphatic rings. The van der Waals surface area contributed by atoms with E-state index in [1.807, 2.05) is 0 Å². The van der Waals surface area contributed by atoms with Crippen LogP contribution in [0, 0.1) is 0 Å². The van der Waals surface area contributed by atoms with Gasteiger partial charge in [0, 0.05) is 83.9 Å². The molecule has 0 nitrogen and oxygen atoms in total. The van der Waals surface area contributed by atoms with Crippen LogP contribution in [0.5, 0.6) is 0 Å². The molecule has 4 heavy (non-hydrogen) atoms. The van der Waals surface area contributed by atoms with E-state index >= 15 is 0 Å². The maximum absolute atomic E-state index is 0. The predicted octanol–water partition coefficient (Wildman–Crippen LogP) is -0.0100. The Morgan fingerprint density at radius 1 is 0.500 bits per heavy atom. The fourth-order valence-electron chi connectivity index (χ4n) is 0. The van der Waals surface area contributed by atoms with Crippen molar-refractivity contribution in [1.82, 2.24) is 0 Å². The molecule has 0 N–H and O–H groups in total. The average molecular weight is 383 g/mol. The van der Waals surface area contributed by atoms with Gasteiger partial charge in [-0.05, 0) is 0 Å². The SMILES string of the molecule is [Ag].[Ag].[Ag].[Co]. The van der Waals surface area contributed by atoms with Crippen LogP contribution < -0.4 is 0 Å². The molecule has 0 aliphatic heterocycles. The van der Waals surface area contributed by atoms with Gasteiger partial charge in [-0.25, -0.2) is 0 Å². The van der Waals surface area contributed by atoms with Crippen LogP contribution in [0.25, 0.3) is 0 Å². The van der Waals surface area contributed by atoms with Gasteiger partial charge in [0.2, 0.25) is 0 Å². The van der Waals surface area contributed by atoms with Gasteiger partial charge in [-0.1, -0.05) is 0 Å². The maximum Gasteiger partial charge on any atom is 0 e. The minimum absolute atomic E-state index is 0. The summed E-state index contributed by atoms with van der Waals surface area (Å²) in [5, 5.41) is 0. The zero-order valence-corrected chi connectivity index (χ0v) is 6.73. The van der Waals surface area contributed by atoms with Crippen molar-refractivity contribution in [3.8, 4) is 0 Å². The number of hydrogen-bond donors (Lipinski definition) is 0. The van der Waals surface area contributed by atoms with Gasteiger partial charge in [0.05, 0.1) is 0 Å². The van der Waals surface area contributed by atoms with E-state index in [0.717, 1.165) is 0 Å². The summed E-state index contributed by atoms with van der Waals surface area (Å²) >= 11 is 0. The summed E-state index contributed by atoms with van der Waals surface area (Å²) in [7, 11) is 0. The zero-order chi connectivity index (χ0) is 0. The molecule has 42 valence electrons. The van der Waals surface area contributed by atoms with E-state index in [-0.39, 0.29) is 83.9 Å². The van der Waals surface area contributed by atoms with E-state index in [4.69, 9.17) is 0 Å². The Morgan fingerprint density at radius 3 is 0.500 bits per heavy atom. The molecule has 0 amide bonds. The summed E-state index contributed by atoms with van der Waals surface area (Å²) in [6.45, 7) is 0. The molecule has 0 fully saturated rings. The van der Waals surface area contributed by atoms with E-state index in [9.17, 15) is 0 Å². The van der Waals surface area contributed by atoms with Crippen molar-refractivity contribution < 1.29 is 83.9 Å². The maximum atomic E-state index is 0. The van der Waals surface area contributed by atoms with Gasteiger partial charge in [-0.15, -0.1) is 0 Å². The summed E-state index contributed by atoms with van der Waals surface area (Å²) < 4.78 is 0. The van der Waals surface area contributed by atoms with Crippen molar-refractivity contribution in [3.05, 3.63) is 0 Å². The van der Waals surface area contributed by atoms with Crippen molar-refractivity contribution in [2.45, 2.75) is 0 Å². The molecular weight excluding hydrogens is 383 g/mol. The topological polar surface area (TPSA) is 0 Å². The Hall–Kier alpha value is 2.73. The van der Waals surface area contributed by atoms with Crippen molar-refractivity contribution in [2.75, 3.05) is 0 Å². The standard InChI is InChI=1S/3Ag.Co. The van der Waals surface area contributed by atoms with Crippen LogP contribution in [0.4, 0.5) is 0 Å². The first-order chi connectivity index (χ1) is 0. The van der Waals surface area contributed by atoms with E-state index < -0.39 is 0 Å². The third-order valence-corrected chi connectivity index (χ3v) is 0. The molecule has 0 spiro atoms. The molecule has 0 unspecified atom stereocenters. The Bertz CT molecular complexity index is 3.25. The molecular formula is Ag3Co. The van der Waals surface area contributed by atoms with Gasteiger partial charge >= 0.3 is 0 Å². The molecule has 0 heterocycles. The predicted molar refractivity (Wildman–Crippen MR) is 0 cm³/mol. The Kier molecular flexibility index (Phi) is 128. The van der Waals surface area contributed by atoms with Gasteiger partial charge in [0.25, 0.3) is 0 Å². The van der Waals surface area contributed by atoms with Gasteiger partial charge in [0.1, 0.15) is 0 Å². The first-order valence-corrected chi connectivity index (χ1v) is 0. The zero-order valence-electron chi connectivity index (χ0n) is 1.24. The molecule has 4 heteroatoms. The van der Waals surface area contributed by atoms with Crippen LogP contribution in [0.1, 0.15) is 0 Å². The fourth-order valence-corrected chi connectivity index (χ4v) is 0. The Morgan fingerprint density at radius 2 is 0.500 bits per heavy atom. The van der Waals surface area contributed by atoms with Crippen LogP contribution >= 0.6 is 0 Å². The van der Waals surface area contributed by atoms with Gasteiger partial charge in [-0.3, -0.25) is 0 Å². The second-order valence-electron chi connectivity index (χ2n) is 0. The van der Waals surface area contributed by atoms with Crippen molar-refractivity contribution >= 4 is 0 Å². The van der Waals surface area contributed by atoms with Crippen LogP contribution in [0.15, 0.2) is 0 Å². The number of hydrogen-bond acceptors (Lipinski definition) is 0. The van der Waals surface area contributed by atoms with E-state index in [1.165, 1.54) is 0 Å². The van der Waals surface area contributed by atoms with Crippen LogP contribution in [-0.2, 0) is 83.9 Å². The second kappa shape index (κ2) is 17.2. The molecule has 4 radical (unpaired) electrons. The third kappa shape index (κ3) is 8.83.